The molecular formula is C24H34O3. The number of phenolic OH excluding ortho intramolecular Hbond substituents is 1. The van der Waals surface area contributed by atoms with Gasteiger partial charge in [0.2, 0.25) is 0 Å². The maximum absolute atomic E-state index is 12.3. The van der Waals surface area contributed by atoms with Crippen LogP contribution in [-0.4, -0.2) is 17.2 Å². The molecule has 1 aromatic rings. The van der Waals surface area contributed by atoms with Crippen LogP contribution in [0.4, 0.5) is 0 Å². The molecule has 0 bridgehead atoms. The molecule has 3 heteroatoms. The Morgan fingerprint density at radius 1 is 1.22 bits per heavy atom. The van der Waals surface area contributed by atoms with Crippen molar-refractivity contribution in [2.75, 3.05) is 0 Å². The smallest absolute Gasteiger partial charge is 0.306 e. The Hall–Kier alpha value is -1.51. The number of aromatic hydroxyl groups is 1. The molecule has 2 saturated carbocycles. The molecule has 0 aliphatic heterocycles. The van der Waals surface area contributed by atoms with Gasteiger partial charge in [-0.05, 0) is 86.0 Å². The second-order valence-electron chi connectivity index (χ2n) is 9.36. The Kier molecular flexibility index (Phi) is 5.22. The summed E-state index contributed by atoms with van der Waals surface area (Å²) >= 11 is 0. The Morgan fingerprint density at radius 2 is 2.07 bits per heavy atom. The molecule has 3 aliphatic carbocycles. The van der Waals surface area contributed by atoms with Crippen LogP contribution in [0.5, 0.6) is 5.75 Å². The van der Waals surface area contributed by atoms with Crippen LogP contribution in [0.1, 0.15) is 88.7 Å². The summed E-state index contributed by atoms with van der Waals surface area (Å²) in [4.78, 5) is 12.3. The number of rotatable bonds is 5. The van der Waals surface area contributed by atoms with Gasteiger partial charge < -0.3 is 9.84 Å². The highest BCUT2D eigenvalue weighted by molar-refractivity contribution is 5.69. The van der Waals surface area contributed by atoms with Crippen molar-refractivity contribution >= 4 is 5.97 Å². The largest absolute Gasteiger partial charge is 0.508 e. The Bertz CT molecular complexity index is 697. The first kappa shape index (κ1) is 18.8. The average Bonchev–Trinajstić information content (AvgIpc) is 2.98. The Balaban J connectivity index is 1.47. The highest BCUT2D eigenvalue weighted by atomic mass is 16.5. The van der Waals surface area contributed by atoms with E-state index in [1.165, 1.54) is 30.4 Å². The topological polar surface area (TPSA) is 46.5 Å². The highest BCUT2D eigenvalue weighted by Gasteiger charge is 2.56. The van der Waals surface area contributed by atoms with Gasteiger partial charge in [-0.15, -0.1) is 0 Å². The van der Waals surface area contributed by atoms with E-state index in [0.29, 0.717) is 29.9 Å². The summed E-state index contributed by atoms with van der Waals surface area (Å²) in [7, 11) is 0. The number of carbonyl (C=O) groups excluding carboxylic acids is 1. The lowest BCUT2D eigenvalue weighted by Gasteiger charge is -2.50. The standard InChI is InChI=1S/C24H34O3/c1-3-4-5-6-23(26)27-22-12-11-21-20-9-7-16-15-17(25)8-10-18(16)19(20)13-14-24(21,22)2/h8,10,15,19-22,25H,3-7,9,11-14H2,1-2H3/t19-,20+,21-,22+,24+/m1/s1. The number of fused-ring (bicyclic) bond motifs is 5. The molecule has 148 valence electrons. The van der Waals surface area contributed by atoms with Gasteiger partial charge >= 0.3 is 5.97 Å². The maximum Gasteiger partial charge on any atom is 0.306 e. The summed E-state index contributed by atoms with van der Waals surface area (Å²) in [5, 5.41) is 9.82. The summed E-state index contributed by atoms with van der Waals surface area (Å²) < 4.78 is 6.02. The number of hydrogen-bond donors (Lipinski definition) is 1. The number of benzene rings is 1. The minimum absolute atomic E-state index is 0.0157. The fourth-order valence-corrected chi connectivity index (χ4v) is 6.45. The summed E-state index contributed by atoms with van der Waals surface area (Å²) in [6.45, 7) is 4.55. The maximum atomic E-state index is 12.3. The van der Waals surface area contributed by atoms with Gasteiger partial charge in [0.15, 0.2) is 0 Å². The molecule has 2 fully saturated rings. The molecular weight excluding hydrogens is 336 g/mol. The molecule has 5 atom stereocenters. The van der Waals surface area contributed by atoms with E-state index in [0.717, 1.165) is 38.5 Å². The second-order valence-corrected chi connectivity index (χ2v) is 9.36. The summed E-state index contributed by atoms with van der Waals surface area (Å²) in [5.41, 5.74) is 2.96. The van der Waals surface area contributed by atoms with Crippen molar-refractivity contribution in [2.45, 2.75) is 90.1 Å². The lowest BCUT2D eigenvalue weighted by molar-refractivity contribution is -0.157. The summed E-state index contributed by atoms with van der Waals surface area (Å²) in [6, 6.07) is 5.98. The fourth-order valence-electron chi connectivity index (χ4n) is 6.45. The van der Waals surface area contributed by atoms with Gasteiger partial charge in [0.25, 0.3) is 0 Å². The predicted molar refractivity (Wildman–Crippen MR) is 107 cm³/mol. The summed E-state index contributed by atoms with van der Waals surface area (Å²) in [5.74, 6) is 2.38. The monoisotopic (exact) mass is 370 g/mol. The highest BCUT2D eigenvalue weighted by Crippen LogP contribution is 2.61. The van der Waals surface area contributed by atoms with E-state index in [2.05, 4.69) is 19.9 Å². The number of esters is 1. The minimum atomic E-state index is 0.0157. The number of aryl methyl sites for hydroxylation is 1. The number of hydrogen-bond acceptors (Lipinski definition) is 3. The number of phenols is 1. The van der Waals surface area contributed by atoms with Crippen molar-refractivity contribution in [3.8, 4) is 5.75 Å². The van der Waals surface area contributed by atoms with Crippen LogP contribution in [0.15, 0.2) is 18.2 Å². The van der Waals surface area contributed by atoms with E-state index in [4.69, 9.17) is 4.74 Å². The molecule has 3 aliphatic rings. The molecule has 0 spiro atoms. The van der Waals surface area contributed by atoms with E-state index in [1.54, 1.807) is 0 Å². The van der Waals surface area contributed by atoms with E-state index < -0.39 is 0 Å². The zero-order chi connectivity index (χ0) is 19.0. The molecule has 0 saturated heterocycles. The first-order valence-corrected chi connectivity index (χ1v) is 11.0. The average molecular weight is 371 g/mol. The quantitative estimate of drug-likeness (QED) is 0.531. The number of carbonyl (C=O) groups is 1. The van der Waals surface area contributed by atoms with Gasteiger partial charge in [-0.3, -0.25) is 4.79 Å². The van der Waals surface area contributed by atoms with Crippen molar-refractivity contribution in [3.05, 3.63) is 29.3 Å². The third-order valence-corrected chi connectivity index (χ3v) is 7.88. The van der Waals surface area contributed by atoms with Crippen LogP contribution >= 0.6 is 0 Å². The van der Waals surface area contributed by atoms with Gasteiger partial charge in [-0.1, -0.05) is 32.8 Å². The summed E-state index contributed by atoms with van der Waals surface area (Å²) in [6.07, 6.45) is 10.7. The fraction of sp³-hybridized carbons (Fsp3) is 0.708. The molecule has 0 unspecified atom stereocenters. The first-order chi connectivity index (χ1) is 13.0. The van der Waals surface area contributed by atoms with E-state index in [1.807, 2.05) is 12.1 Å². The van der Waals surface area contributed by atoms with Crippen LogP contribution < -0.4 is 0 Å². The lowest BCUT2D eigenvalue weighted by Crippen LogP contribution is -2.45. The second kappa shape index (κ2) is 7.48. The first-order valence-electron chi connectivity index (χ1n) is 11.0. The minimum Gasteiger partial charge on any atom is -0.508 e. The third-order valence-electron chi connectivity index (χ3n) is 7.88. The van der Waals surface area contributed by atoms with Crippen molar-refractivity contribution in [2.24, 2.45) is 17.3 Å². The zero-order valence-corrected chi connectivity index (χ0v) is 16.9. The van der Waals surface area contributed by atoms with Gasteiger partial charge in [-0.25, -0.2) is 0 Å². The zero-order valence-electron chi connectivity index (χ0n) is 16.9. The SMILES string of the molecule is CCCCCC(=O)O[C@H]1CC[C@@H]2[C@H]3CCc4cc(O)ccc4[C@H]3CC[C@]12C. The van der Waals surface area contributed by atoms with Crippen molar-refractivity contribution < 1.29 is 14.6 Å². The number of ether oxygens (including phenoxy) is 1. The third kappa shape index (κ3) is 3.39. The molecule has 0 radical (unpaired) electrons. The van der Waals surface area contributed by atoms with E-state index >= 15 is 0 Å². The van der Waals surface area contributed by atoms with Crippen molar-refractivity contribution in [3.63, 3.8) is 0 Å². The van der Waals surface area contributed by atoms with Crippen LogP contribution in [0.25, 0.3) is 0 Å². The van der Waals surface area contributed by atoms with Gasteiger partial charge in [0.05, 0.1) is 0 Å². The Labute approximate surface area is 163 Å². The molecule has 1 N–H and O–H groups in total. The Morgan fingerprint density at radius 3 is 2.89 bits per heavy atom. The van der Waals surface area contributed by atoms with Gasteiger partial charge in [0, 0.05) is 11.8 Å². The van der Waals surface area contributed by atoms with Gasteiger partial charge in [-0.2, -0.15) is 0 Å². The number of unbranched alkanes of at least 4 members (excludes halogenated alkanes) is 2. The van der Waals surface area contributed by atoms with Crippen LogP contribution in [-0.2, 0) is 16.0 Å². The lowest BCUT2D eigenvalue weighted by atomic mass is 9.55. The van der Waals surface area contributed by atoms with E-state index in [9.17, 15) is 9.90 Å². The van der Waals surface area contributed by atoms with Crippen LogP contribution in [0.3, 0.4) is 0 Å². The van der Waals surface area contributed by atoms with Crippen molar-refractivity contribution in [1.82, 2.24) is 0 Å². The van der Waals surface area contributed by atoms with Crippen LogP contribution in [0.2, 0.25) is 0 Å². The van der Waals surface area contributed by atoms with Crippen molar-refractivity contribution in [1.29, 1.82) is 0 Å². The van der Waals surface area contributed by atoms with Crippen LogP contribution in [0, 0.1) is 17.3 Å². The molecule has 27 heavy (non-hydrogen) atoms. The molecule has 3 nitrogen and oxygen atoms in total. The molecule has 0 aromatic heterocycles. The van der Waals surface area contributed by atoms with E-state index in [-0.39, 0.29) is 17.5 Å². The molecule has 0 amide bonds. The molecule has 1 aromatic carbocycles. The molecule has 0 heterocycles. The van der Waals surface area contributed by atoms with Gasteiger partial charge in [0.1, 0.15) is 11.9 Å². The predicted octanol–water partition coefficient (Wildman–Crippen LogP) is 5.74. The normalized spacial score (nSPS) is 34.4. The molecule has 4 rings (SSSR count).